The fourth-order valence-electron chi connectivity index (χ4n) is 1.09. The molecular formula is C9H9N3. The second-order valence-corrected chi connectivity index (χ2v) is 2.57. The van der Waals surface area contributed by atoms with Crippen LogP contribution >= 0.6 is 0 Å². The third-order valence-corrected chi connectivity index (χ3v) is 1.70. The summed E-state index contributed by atoms with van der Waals surface area (Å²) < 4.78 is 1.81. The van der Waals surface area contributed by atoms with Gasteiger partial charge in [0.1, 0.15) is 0 Å². The van der Waals surface area contributed by atoms with Crippen LogP contribution in [0.4, 0.5) is 0 Å². The van der Waals surface area contributed by atoms with Crippen molar-refractivity contribution >= 4 is 0 Å². The van der Waals surface area contributed by atoms with Crippen molar-refractivity contribution in [3.8, 4) is 5.82 Å². The van der Waals surface area contributed by atoms with Crippen molar-refractivity contribution in [1.29, 1.82) is 0 Å². The minimum absolute atomic E-state index is 0.861. The van der Waals surface area contributed by atoms with E-state index in [1.165, 1.54) is 0 Å². The van der Waals surface area contributed by atoms with Crippen molar-refractivity contribution in [2.45, 2.75) is 6.92 Å². The molecule has 0 saturated carbocycles. The van der Waals surface area contributed by atoms with Crippen LogP contribution in [0.25, 0.3) is 5.82 Å². The molecule has 2 rings (SSSR count). The Morgan fingerprint density at radius 2 is 2.08 bits per heavy atom. The number of aromatic nitrogens is 3. The maximum absolute atomic E-state index is 4.18. The minimum Gasteiger partial charge on any atom is -0.237 e. The van der Waals surface area contributed by atoms with E-state index >= 15 is 0 Å². The fourth-order valence-corrected chi connectivity index (χ4v) is 1.09. The van der Waals surface area contributed by atoms with Gasteiger partial charge >= 0.3 is 0 Å². The second kappa shape index (κ2) is 2.77. The molecule has 2 aromatic heterocycles. The molecule has 2 aromatic rings. The highest BCUT2D eigenvalue weighted by molar-refractivity contribution is 5.22. The van der Waals surface area contributed by atoms with E-state index in [0.29, 0.717) is 0 Å². The number of rotatable bonds is 1. The quantitative estimate of drug-likeness (QED) is 0.632. The second-order valence-electron chi connectivity index (χ2n) is 2.57. The van der Waals surface area contributed by atoms with E-state index in [1.54, 1.807) is 17.1 Å². The van der Waals surface area contributed by atoms with Gasteiger partial charge in [0.25, 0.3) is 0 Å². The van der Waals surface area contributed by atoms with E-state index in [1.807, 2.05) is 31.2 Å². The van der Waals surface area contributed by atoms with Crippen molar-refractivity contribution in [2.75, 3.05) is 0 Å². The predicted molar refractivity (Wildman–Crippen MR) is 46.1 cm³/mol. The summed E-state index contributed by atoms with van der Waals surface area (Å²) in [7, 11) is 0. The number of aryl methyl sites for hydroxylation is 1. The lowest BCUT2D eigenvalue weighted by atomic mass is 10.4. The highest BCUT2D eigenvalue weighted by Gasteiger charge is 1.98. The smallest absolute Gasteiger partial charge is 0.153 e. The van der Waals surface area contributed by atoms with E-state index in [0.717, 1.165) is 11.5 Å². The molecule has 3 heteroatoms. The number of hydrogen-bond donors (Lipinski definition) is 0. The van der Waals surface area contributed by atoms with Gasteiger partial charge in [0.05, 0.1) is 0 Å². The SMILES string of the molecule is Cc1ccnn1-c1ccccn1. The Morgan fingerprint density at radius 1 is 1.17 bits per heavy atom. The van der Waals surface area contributed by atoms with E-state index in [4.69, 9.17) is 0 Å². The Labute approximate surface area is 70.7 Å². The van der Waals surface area contributed by atoms with E-state index in [2.05, 4.69) is 10.1 Å². The van der Waals surface area contributed by atoms with E-state index < -0.39 is 0 Å². The standard InChI is InChI=1S/C9H9N3/c1-8-5-7-11-12(8)9-4-2-3-6-10-9/h2-7H,1H3. The molecular weight excluding hydrogens is 150 g/mol. The van der Waals surface area contributed by atoms with Crippen LogP contribution in [0.2, 0.25) is 0 Å². The molecule has 0 amide bonds. The molecule has 0 unspecified atom stereocenters. The first-order chi connectivity index (χ1) is 5.88. The lowest BCUT2D eigenvalue weighted by Crippen LogP contribution is -1.99. The fraction of sp³-hybridized carbons (Fsp3) is 0.111. The van der Waals surface area contributed by atoms with Crippen molar-refractivity contribution in [3.05, 3.63) is 42.4 Å². The first kappa shape index (κ1) is 7.03. The third kappa shape index (κ3) is 1.09. The summed E-state index contributed by atoms with van der Waals surface area (Å²) in [6.45, 7) is 2.00. The molecule has 0 bridgehead atoms. The van der Waals surface area contributed by atoms with Crippen LogP contribution in [0.5, 0.6) is 0 Å². The summed E-state index contributed by atoms with van der Waals surface area (Å²) in [6.07, 6.45) is 3.53. The first-order valence-corrected chi connectivity index (χ1v) is 3.80. The van der Waals surface area contributed by atoms with Gasteiger partial charge in [0, 0.05) is 18.1 Å². The Kier molecular flexibility index (Phi) is 1.63. The maximum Gasteiger partial charge on any atom is 0.153 e. The number of pyridine rings is 1. The molecule has 0 aliphatic heterocycles. The largest absolute Gasteiger partial charge is 0.237 e. The molecule has 2 heterocycles. The zero-order valence-corrected chi connectivity index (χ0v) is 6.81. The molecule has 3 nitrogen and oxygen atoms in total. The molecule has 0 aliphatic carbocycles. The Morgan fingerprint density at radius 3 is 2.67 bits per heavy atom. The summed E-state index contributed by atoms with van der Waals surface area (Å²) in [5.74, 6) is 0.861. The van der Waals surface area contributed by atoms with Crippen LogP contribution in [0.1, 0.15) is 5.69 Å². The van der Waals surface area contributed by atoms with Crippen LogP contribution in [0.3, 0.4) is 0 Å². The van der Waals surface area contributed by atoms with Crippen molar-refractivity contribution in [3.63, 3.8) is 0 Å². The van der Waals surface area contributed by atoms with Crippen molar-refractivity contribution < 1.29 is 0 Å². The zero-order valence-electron chi connectivity index (χ0n) is 6.81. The summed E-state index contributed by atoms with van der Waals surface area (Å²) in [5.41, 5.74) is 1.09. The minimum atomic E-state index is 0.861. The molecule has 0 fully saturated rings. The van der Waals surface area contributed by atoms with E-state index in [-0.39, 0.29) is 0 Å². The van der Waals surface area contributed by atoms with Crippen LogP contribution in [0, 0.1) is 6.92 Å². The van der Waals surface area contributed by atoms with Crippen LogP contribution < -0.4 is 0 Å². The Balaban J connectivity index is 2.51. The zero-order chi connectivity index (χ0) is 8.39. The Hall–Kier alpha value is -1.64. The summed E-state index contributed by atoms with van der Waals surface area (Å²) in [4.78, 5) is 4.18. The van der Waals surface area contributed by atoms with Gasteiger partial charge in [0.2, 0.25) is 0 Å². The maximum atomic E-state index is 4.18. The highest BCUT2D eigenvalue weighted by atomic mass is 15.3. The molecule has 0 spiro atoms. The summed E-state index contributed by atoms with van der Waals surface area (Å²) >= 11 is 0. The topological polar surface area (TPSA) is 30.7 Å². The number of nitrogens with zero attached hydrogens (tertiary/aromatic N) is 3. The van der Waals surface area contributed by atoms with Gasteiger partial charge in [-0.2, -0.15) is 5.10 Å². The van der Waals surface area contributed by atoms with Gasteiger partial charge in [-0.15, -0.1) is 0 Å². The number of hydrogen-bond acceptors (Lipinski definition) is 2. The van der Waals surface area contributed by atoms with Gasteiger partial charge in [-0.25, -0.2) is 9.67 Å². The van der Waals surface area contributed by atoms with Crippen molar-refractivity contribution in [1.82, 2.24) is 14.8 Å². The van der Waals surface area contributed by atoms with Crippen molar-refractivity contribution in [2.24, 2.45) is 0 Å². The lowest BCUT2D eigenvalue weighted by molar-refractivity contribution is 0.817. The average molecular weight is 159 g/mol. The monoisotopic (exact) mass is 159 g/mol. The van der Waals surface area contributed by atoms with Crippen LogP contribution in [-0.4, -0.2) is 14.8 Å². The molecule has 0 radical (unpaired) electrons. The highest BCUT2D eigenvalue weighted by Crippen LogP contribution is 2.04. The Bertz CT molecular complexity index is 364. The summed E-state index contributed by atoms with van der Waals surface area (Å²) in [6, 6.07) is 7.72. The molecule has 0 N–H and O–H groups in total. The molecule has 0 aromatic carbocycles. The molecule has 60 valence electrons. The lowest BCUT2D eigenvalue weighted by Gasteiger charge is -2.00. The molecule has 12 heavy (non-hydrogen) atoms. The van der Waals surface area contributed by atoms with Gasteiger partial charge in [0.15, 0.2) is 5.82 Å². The molecule has 0 atom stereocenters. The predicted octanol–water partition coefficient (Wildman–Crippen LogP) is 1.58. The average Bonchev–Trinajstić information content (AvgIpc) is 2.53. The molecule has 0 aliphatic rings. The van der Waals surface area contributed by atoms with Gasteiger partial charge in [-0.05, 0) is 25.1 Å². The first-order valence-electron chi connectivity index (χ1n) is 3.80. The van der Waals surface area contributed by atoms with Gasteiger partial charge in [-0.3, -0.25) is 0 Å². The normalized spacial score (nSPS) is 10.1. The van der Waals surface area contributed by atoms with E-state index in [9.17, 15) is 0 Å². The third-order valence-electron chi connectivity index (χ3n) is 1.70. The summed E-state index contributed by atoms with van der Waals surface area (Å²) in [5, 5.41) is 4.14. The van der Waals surface area contributed by atoms with Gasteiger partial charge in [-0.1, -0.05) is 6.07 Å². The van der Waals surface area contributed by atoms with Crippen LogP contribution in [0.15, 0.2) is 36.7 Å². The van der Waals surface area contributed by atoms with Gasteiger partial charge < -0.3 is 0 Å². The van der Waals surface area contributed by atoms with Crippen LogP contribution in [-0.2, 0) is 0 Å². The molecule has 0 saturated heterocycles.